The van der Waals surface area contributed by atoms with Crippen LogP contribution in [0.15, 0.2) is 42.5 Å². The fourth-order valence-electron chi connectivity index (χ4n) is 3.85. The lowest BCUT2D eigenvalue weighted by atomic mass is 9.82. The standard InChI is InChI=1S/C23H29N3O/c1-15-6-8-18(9-7-15)23(27)26-14-17-10-16(2)11-21(12-17)19-4-3-5-20(13-19)22(24)25/h3-5,10-13,15,18H,6-9,14H2,1-2H3,(H3,24,25)(H,26,27). The van der Waals surface area contributed by atoms with Crippen LogP contribution < -0.4 is 11.1 Å². The molecule has 0 bridgehead atoms. The minimum atomic E-state index is 0.0683. The summed E-state index contributed by atoms with van der Waals surface area (Å²) in [4.78, 5) is 12.5. The highest BCUT2D eigenvalue weighted by Crippen LogP contribution is 2.28. The van der Waals surface area contributed by atoms with Gasteiger partial charge in [0.25, 0.3) is 0 Å². The number of aryl methyl sites for hydroxylation is 1. The van der Waals surface area contributed by atoms with Crippen LogP contribution in [0, 0.1) is 24.2 Å². The molecule has 0 atom stereocenters. The molecule has 0 aliphatic heterocycles. The van der Waals surface area contributed by atoms with E-state index in [1.807, 2.05) is 24.3 Å². The van der Waals surface area contributed by atoms with Gasteiger partial charge in [0.1, 0.15) is 5.84 Å². The quantitative estimate of drug-likeness (QED) is 0.544. The zero-order valence-corrected chi connectivity index (χ0v) is 16.2. The van der Waals surface area contributed by atoms with Crippen molar-refractivity contribution in [2.45, 2.75) is 46.1 Å². The van der Waals surface area contributed by atoms with E-state index in [1.54, 1.807) is 0 Å². The molecule has 0 saturated heterocycles. The van der Waals surface area contributed by atoms with Crippen molar-refractivity contribution >= 4 is 11.7 Å². The van der Waals surface area contributed by atoms with Crippen molar-refractivity contribution in [2.24, 2.45) is 17.6 Å². The van der Waals surface area contributed by atoms with Crippen LogP contribution in [0.4, 0.5) is 0 Å². The van der Waals surface area contributed by atoms with Gasteiger partial charge >= 0.3 is 0 Å². The zero-order valence-electron chi connectivity index (χ0n) is 16.2. The van der Waals surface area contributed by atoms with E-state index in [0.29, 0.717) is 6.54 Å². The van der Waals surface area contributed by atoms with E-state index in [2.05, 4.69) is 37.4 Å². The maximum absolute atomic E-state index is 12.5. The average Bonchev–Trinajstić information content (AvgIpc) is 2.66. The van der Waals surface area contributed by atoms with Crippen LogP contribution in [-0.4, -0.2) is 11.7 Å². The minimum Gasteiger partial charge on any atom is -0.384 e. The lowest BCUT2D eigenvalue weighted by Gasteiger charge is -2.25. The van der Waals surface area contributed by atoms with Gasteiger partial charge in [-0.2, -0.15) is 0 Å². The summed E-state index contributed by atoms with van der Waals surface area (Å²) >= 11 is 0. The predicted octanol–water partition coefficient (Wildman–Crippen LogP) is 4.39. The molecule has 1 amide bonds. The van der Waals surface area contributed by atoms with E-state index in [-0.39, 0.29) is 17.7 Å². The van der Waals surface area contributed by atoms with Gasteiger partial charge in [-0.15, -0.1) is 0 Å². The van der Waals surface area contributed by atoms with Gasteiger partial charge in [-0.1, -0.05) is 42.8 Å². The van der Waals surface area contributed by atoms with Crippen molar-refractivity contribution in [3.63, 3.8) is 0 Å². The molecule has 0 spiro atoms. The third-order valence-corrected chi connectivity index (χ3v) is 5.50. The lowest BCUT2D eigenvalue weighted by Crippen LogP contribution is -2.32. The van der Waals surface area contributed by atoms with Crippen molar-refractivity contribution in [3.05, 3.63) is 59.2 Å². The second kappa shape index (κ2) is 8.38. The second-order valence-electron chi connectivity index (χ2n) is 7.88. The molecule has 0 heterocycles. The van der Waals surface area contributed by atoms with Gasteiger partial charge in [0.05, 0.1) is 0 Å². The van der Waals surface area contributed by atoms with E-state index in [4.69, 9.17) is 11.1 Å². The molecule has 0 radical (unpaired) electrons. The van der Waals surface area contributed by atoms with Gasteiger partial charge in [0.2, 0.25) is 5.91 Å². The predicted molar refractivity (Wildman–Crippen MR) is 111 cm³/mol. The first-order chi connectivity index (χ1) is 12.9. The number of amidine groups is 1. The SMILES string of the molecule is Cc1cc(CNC(=O)C2CCC(C)CC2)cc(-c2cccc(C(=N)N)c2)c1. The Morgan fingerprint density at radius 3 is 2.56 bits per heavy atom. The van der Waals surface area contributed by atoms with E-state index < -0.39 is 0 Å². The summed E-state index contributed by atoms with van der Waals surface area (Å²) in [6.07, 6.45) is 4.31. The molecule has 0 aromatic heterocycles. The van der Waals surface area contributed by atoms with Gasteiger partial charge in [-0.05, 0) is 67.3 Å². The van der Waals surface area contributed by atoms with Crippen LogP contribution >= 0.6 is 0 Å². The first-order valence-electron chi connectivity index (χ1n) is 9.75. The molecule has 1 aliphatic rings. The normalized spacial score (nSPS) is 19.5. The maximum Gasteiger partial charge on any atom is 0.223 e. The number of nitrogens with one attached hydrogen (secondary N) is 2. The molecular weight excluding hydrogens is 334 g/mol. The molecule has 1 saturated carbocycles. The first-order valence-corrected chi connectivity index (χ1v) is 9.75. The highest BCUT2D eigenvalue weighted by atomic mass is 16.1. The number of carbonyl (C=O) groups is 1. The van der Waals surface area contributed by atoms with Crippen LogP contribution in [0.3, 0.4) is 0 Å². The average molecular weight is 364 g/mol. The summed E-state index contributed by atoms with van der Waals surface area (Å²) < 4.78 is 0. The van der Waals surface area contributed by atoms with Crippen LogP contribution in [0.25, 0.3) is 11.1 Å². The van der Waals surface area contributed by atoms with Crippen molar-refractivity contribution in [3.8, 4) is 11.1 Å². The Balaban J connectivity index is 1.71. The number of nitrogen functional groups attached to an aromatic ring is 1. The Labute approximate surface area is 161 Å². The molecule has 2 aromatic carbocycles. The van der Waals surface area contributed by atoms with E-state index in [1.165, 1.54) is 0 Å². The smallest absolute Gasteiger partial charge is 0.223 e. The van der Waals surface area contributed by atoms with Crippen LogP contribution in [0.2, 0.25) is 0 Å². The third kappa shape index (κ3) is 4.97. The molecule has 2 aromatic rings. The van der Waals surface area contributed by atoms with Gasteiger partial charge in [0.15, 0.2) is 0 Å². The topological polar surface area (TPSA) is 79.0 Å². The number of amides is 1. The van der Waals surface area contributed by atoms with Crippen molar-refractivity contribution < 1.29 is 4.79 Å². The van der Waals surface area contributed by atoms with E-state index in [9.17, 15) is 4.79 Å². The van der Waals surface area contributed by atoms with E-state index >= 15 is 0 Å². The molecule has 27 heavy (non-hydrogen) atoms. The summed E-state index contributed by atoms with van der Waals surface area (Å²) in [7, 11) is 0. The van der Waals surface area contributed by atoms with Crippen LogP contribution in [0.5, 0.6) is 0 Å². The lowest BCUT2D eigenvalue weighted by molar-refractivity contribution is -0.126. The Hall–Kier alpha value is -2.62. The Kier molecular flexibility index (Phi) is 5.94. The molecule has 3 rings (SSSR count). The monoisotopic (exact) mass is 363 g/mol. The summed E-state index contributed by atoms with van der Waals surface area (Å²) in [5, 5.41) is 10.8. The minimum absolute atomic E-state index is 0.0683. The van der Waals surface area contributed by atoms with Gasteiger partial charge in [0, 0.05) is 18.0 Å². The fraction of sp³-hybridized carbons (Fsp3) is 0.391. The first kappa shape index (κ1) is 19.2. The Morgan fingerprint density at radius 2 is 1.85 bits per heavy atom. The molecule has 4 heteroatoms. The summed E-state index contributed by atoms with van der Waals surface area (Å²) in [6, 6.07) is 14.0. The summed E-state index contributed by atoms with van der Waals surface area (Å²) in [5.41, 5.74) is 10.7. The largest absolute Gasteiger partial charge is 0.384 e. The number of rotatable bonds is 5. The molecular formula is C23H29N3O. The van der Waals surface area contributed by atoms with Gasteiger partial charge in [-0.3, -0.25) is 10.2 Å². The molecule has 1 aliphatic carbocycles. The zero-order chi connectivity index (χ0) is 19.4. The molecule has 0 unspecified atom stereocenters. The summed E-state index contributed by atoms with van der Waals surface area (Å²) in [5.74, 6) is 1.17. The van der Waals surface area contributed by atoms with Crippen LogP contribution in [0.1, 0.15) is 49.3 Å². The fourth-order valence-corrected chi connectivity index (χ4v) is 3.85. The van der Waals surface area contributed by atoms with E-state index in [0.717, 1.165) is 59.4 Å². The molecule has 1 fully saturated rings. The number of hydrogen-bond acceptors (Lipinski definition) is 2. The van der Waals surface area contributed by atoms with Crippen molar-refractivity contribution in [1.29, 1.82) is 5.41 Å². The third-order valence-electron chi connectivity index (χ3n) is 5.50. The highest BCUT2D eigenvalue weighted by Gasteiger charge is 2.23. The Bertz CT molecular complexity index is 835. The number of benzene rings is 2. The number of carbonyl (C=O) groups excluding carboxylic acids is 1. The molecule has 142 valence electrons. The molecule has 4 nitrogen and oxygen atoms in total. The summed E-state index contributed by atoms with van der Waals surface area (Å²) in [6.45, 7) is 4.88. The number of hydrogen-bond donors (Lipinski definition) is 3. The highest BCUT2D eigenvalue weighted by molar-refractivity contribution is 5.96. The second-order valence-corrected chi connectivity index (χ2v) is 7.88. The van der Waals surface area contributed by atoms with Gasteiger partial charge in [-0.25, -0.2) is 0 Å². The molecule has 4 N–H and O–H groups in total. The van der Waals surface area contributed by atoms with Crippen LogP contribution in [-0.2, 0) is 11.3 Å². The van der Waals surface area contributed by atoms with Gasteiger partial charge < -0.3 is 11.1 Å². The van der Waals surface area contributed by atoms with Crippen molar-refractivity contribution in [1.82, 2.24) is 5.32 Å². The number of nitrogens with two attached hydrogens (primary N) is 1. The maximum atomic E-state index is 12.5. The Morgan fingerprint density at radius 1 is 1.11 bits per heavy atom. The van der Waals surface area contributed by atoms with Crippen molar-refractivity contribution in [2.75, 3.05) is 0 Å².